The average Bonchev–Trinajstić information content (AvgIpc) is 3.32. The number of nitrogens with one attached hydrogen (secondary N) is 2. The third kappa shape index (κ3) is 11.8. The number of aromatic hydroxyl groups is 1. The fourth-order valence-electron chi connectivity index (χ4n) is 4.36. The minimum absolute atomic E-state index is 0. The van der Waals surface area contributed by atoms with Gasteiger partial charge in [0, 0.05) is 36.2 Å². The van der Waals surface area contributed by atoms with Crippen molar-refractivity contribution in [3.63, 3.8) is 0 Å². The van der Waals surface area contributed by atoms with E-state index < -0.39 is 0 Å². The van der Waals surface area contributed by atoms with E-state index in [1.54, 1.807) is 6.07 Å². The Morgan fingerprint density at radius 2 is 1.71 bits per heavy atom. The number of ether oxygens (including phenoxy) is 1. The number of hydrogen-bond acceptors (Lipinski definition) is 7. The zero-order valence-corrected chi connectivity index (χ0v) is 29.2. The number of rotatable bonds is 17. The van der Waals surface area contributed by atoms with Gasteiger partial charge < -0.3 is 29.9 Å². The van der Waals surface area contributed by atoms with Crippen molar-refractivity contribution in [2.75, 3.05) is 59.0 Å². The predicted octanol–water partition coefficient (Wildman–Crippen LogP) is 5.71. The lowest BCUT2D eigenvalue weighted by atomic mass is 10.1. The molecule has 0 atom stereocenters. The van der Waals surface area contributed by atoms with Gasteiger partial charge in [-0.05, 0) is 61.8 Å². The van der Waals surface area contributed by atoms with Gasteiger partial charge in [-0.3, -0.25) is 9.59 Å². The van der Waals surface area contributed by atoms with Crippen molar-refractivity contribution in [2.45, 2.75) is 33.1 Å². The van der Waals surface area contributed by atoms with Crippen LogP contribution in [0, 0.1) is 0 Å². The highest BCUT2D eigenvalue weighted by atomic mass is 79.9. The highest BCUT2D eigenvalue weighted by molar-refractivity contribution is 8.93. The largest absolute Gasteiger partial charge is 0.506 e. The predicted molar refractivity (Wildman–Crippen MR) is 181 cm³/mol. The second-order valence-electron chi connectivity index (χ2n) is 9.18. The molecule has 8 nitrogen and oxygen atoms in total. The monoisotopic (exact) mass is 756 g/mol. The van der Waals surface area contributed by atoms with Gasteiger partial charge in [0.15, 0.2) is 0 Å². The number of nitrogens with zero attached hydrogens (tertiary/aromatic N) is 2. The zero-order chi connectivity index (χ0) is 28.2. The van der Waals surface area contributed by atoms with Gasteiger partial charge >= 0.3 is 4.87 Å². The van der Waals surface area contributed by atoms with Gasteiger partial charge in [-0.25, -0.2) is 0 Å². The number of phenols is 1. The van der Waals surface area contributed by atoms with Crippen LogP contribution in [0.25, 0.3) is 10.2 Å². The van der Waals surface area contributed by atoms with Gasteiger partial charge in [0.05, 0.1) is 24.3 Å². The Morgan fingerprint density at radius 1 is 1.00 bits per heavy atom. The maximum Gasteiger partial charge on any atom is 0.305 e. The number of aromatic nitrogens is 1. The molecule has 2 aromatic carbocycles. The summed E-state index contributed by atoms with van der Waals surface area (Å²) < 4.78 is 6.53. The molecule has 3 rings (SSSR count). The number of phenolic OH excluding ortho intramolecular Hbond substituents is 1. The van der Waals surface area contributed by atoms with E-state index in [9.17, 15) is 14.7 Å². The van der Waals surface area contributed by atoms with Gasteiger partial charge in [-0.2, -0.15) is 0 Å². The van der Waals surface area contributed by atoms with E-state index >= 15 is 0 Å². The molecule has 0 bridgehead atoms. The lowest BCUT2D eigenvalue weighted by Gasteiger charge is -2.27. The molecule has 0 aliphatic heterocycles. The Morgan fingerprint density at radius 3 is 2.39 bits per heavy atom. The molecular weight excluding hydrogens is 719 g/mol. The summed E-state index contributed by atoms with van der Waals surface area (Å²) in [4.78, 5) is 31.5. The van der Waals surface area contributed by atoms with Crippen LogP contribution in [0.2, 0.25) is 10.0 Å². The second-order valence-corrected chi connectivity index (χ2v) is 11.0. The van der Waals surface area contributed by atoms with Crippen LogP contribution >= 0.6 is 68.5 Å². The number of benzene rings is 2. The van der Waals surface area contributed by atoms with Crippen LogP contribution in [0.4, 0.5) is 0 Å². The van der Waals surface area contributed by atoms with E-state index in [1.807, 2.05) is 29.2 Å². The van der Waals surface area contributed by atoms with E-state index in [4.69, 9.17) is 27.9 Å². The Balaban J connectivity index is 0.00000420. The van der Waals surface area contributed by atoms with Crippen molar-refractivity contribution in [3.05, 3.63) is 61.2 Å². The topological polar surface area (TPSA) is 97.9 Å². The number of aromatic amines is 1. The van der Waals surface area contributed by atoms with E-state index in [0.717, 1.165) is 46.8 Å². The average molecular weight is 759 g/mol. The maximum absolute atomic E-state index is 13.0. The summed E-state index contributed by atoms with van der Waals surface area (Å²) in [5.41, 5.74) is 2.36. The molecule has 0 fully saturated rings. The first-order valence-electron chi connectivity index (χ1n) is 13.4. The molecule has 1 heterocycles. The summed E-state index contributed by atoms with van der Waals surface area (Å²) >= 11 is 13.6. The molecule has 1 amide bonds. The van der Waals surface area contributed by atoms with Gasteiger partial charge in [0.2, 0.25) is 5.91 Å². The number of hydrogen-bond donors (Lipinski definition) is 3. The molecule has 0 saturated heterocycles. The molecular formula is C28H40Br2Cl2N4O4S. The number of halogens is 4. The van der Waals surface area contributed by atoms with Crippen LogP contribution in [-0.4, -0.2) is 84.8 Å². The van der Waals surface area contributed by atoms with Crippen molar-refractivity contribution in [2.24, 2.45) is 0 Å². The molecule has 0 aliphatic rings. The normalized spacial score (nSPS) is 11.0. The van der Waals surface area contributed by atoms with Gasteiger partial charge in [0.25, 0.3) is 0 Å². The highest BCUT2D eigenvalue weighted by Gasteiger charge is 2.15. The summed E-state index contributed by atoms with van der Waals surface area (Å²) in [5, 5.41) is 14.6. The molecule has 0 radical (unpaired) electrons. The number of carbonyl (C=O) groups excluding carboxylic acids is 1. The third-order valence-electron chi connectivity index (χ3n) is 6.72. The van der Waals surface area contributed by atoms with Gasteiger partial charge in [0.1, 0.15) is 11.3 Å². The number of thiazole rings is 1. The maximum atomic E-state index is 13.0. The number of carbonyl (C=O) groups is 1. The summed E-state index contributed by atoms with van der Waals surface area (Å²) in [6.45, 7) is 10.3. The van der Waals surface area contributed by atoms with Crippen molar-refractivity contribution < 1.29 is 14.6 Å². The summed E-state index contributed by atoms with van der Waals surface area (Å²) in [7, 11) is 0. The molecule has 13 heteroatoms. The van der Waals surface area contributed by atoms with E-state index in [2.05, 4.69) is 29.0 Å². The lowest BCUT2D eigenvalue weighted by Crippen LogP contribution is -2.42. The van der Waals surface area contributed by atoms with Gasteiger partial charge in [-0.15, -0.1) is 34.0 Å². The molecule has 0 aliphatic carbocycles. The fourth-order valence-corrected chi connectivity index (χ4v) is 5.84. The molecule has 3 aromatic rings. The smallest absolute Gasteiger partial charge is 0.305 e. The molecule has 41 heavy (non-hydrogen) atoms. The van der Waals surface area contributed by atoms with Crippen molar-refractivity contribution in [3.8, 4) is 5.75 Å². The first-order chi connectivity index (χ1) is 18.8. The van der Waals surface area contributed by atoms with Crippen molar-refractivity contribution in [1.82, 2.24) is 20.1 Å². The minimum Gasteiger partial charge on any atom is -0.506 e. The van der Waals surface area contributed by atoms with E-state index in [0.29, 0.717) is 74.2 Å². The first kappa shape index (κ1) is 37.8. The number of H-pyrrole nitrogens is 1. The number of fused-ring (bicyclic) bond motifs is 1. The summed E-state index contributed by atoms with van der Waals surface area (Å²) in [6, 6.07) is 8.89. The molecule has 230 valence electrons. The Labute approximate surface area is 276 Å². The van der Waals surface area contributed by atoms with Crippen LogP contribution in [-0.2, 0) is 22.4 Å². The van der Waals surface area contributed by atoms with Crippen LogP contribution < -0.4 is 10.2 Å². The van der Waals surface area contributed by atoms with Crippen molar-refractivity contribution in [1.29, 1.82) is 0 Å². The molecule has 3 N–H and O–H groups in total. The van der Waals surface area contributed by atoms with Crippen LogP contribution in [0.3, 0.4) is 0 Å². The quantitative estimate of drug-likeness (QED) is 0.153. The Bertz CT molecular complexity index is 1250. The van der Waals surface area contributed by atoms with E-state index in [1.165, 1.54) is 0 Å². The molecule has 0 unspecified atom stereocenters. The molecule has 0 spiro atoms. The standard InChI is InChI=1S/C28H38Cl2N4O4S.2BrH/c1-3-33(4-2)16-17-34(25(36)12-19-38-18-11-21-22(29)6-5-7-23(21)30)15-14-31-13-10-20-8-9-24(35)26-27(20)39-28(37)32-26;;/h5-9,31,35H,3-4,10-19H2,1-2H3,(H,32,37);2*1H. The third-order valence-corrected chi connectivity index (χ3v) is 8.39. The van der Waals surface area contributed by atoms with Crippen molar-refractivity contribution >= 4 is 84.6 Å². The summed E-state index contributed by atoms with van der Waals surface area (Å²) in [5.74, 6) is 0.149. The summed E-state index contributed by atoms with van der Waals surface area (Å²) in [6.07, 6.45) is 1.61. The molecule has 0 saturated carbocycles. The van der Waals surface area contributed by atoms with Gasteiger partial charge in [-0.1, -0.05) is 60.5 Å². The first-order valence-corrected chi connectivity index (χ1v) is 15.0. The SMILES string of the molecule is Br.Br.CCN(CC)CCN(CCNCCc1ccc(O)c2[nH]c(=O)sc12)C(=O)CCOCCc1c(Cl)cccc1Cl. The van der Waals surface area contributed by atoms with E-state index in [-0.39, 0.29) is 50.5 Å². The van der Waals surface area contributed by atoms with Crippen LogP contribution in [0.15, 0.2) is 35.1 Å². The molecule has 1 aromatic heterocycles. The number of likely N-dealkylation sites (N-methyl/N-ethyl adjacent to an activating group) is 1. The Hall–Kier alpha value is -1.18. The zero-order valence-electron chi connectivity index (χ0n) is 23.4. The van der Waals surface area contributed by atoms with Crippen LogP contribution in [0.1, 0.15) is 31.4 Å². The number of amides is 1. The Kier molecular flexibility index (Phi) is 18.4. The minimum atomic E-state index is -0.181. The van der Waals surface area contributed by atoms with Crippen LogP contribution in [0.5, 0.6) is 5.75 Å². The fraction of sp³-hybridized carbons (Fsp3) is 0.500. The lowest BCUT2D eigenvalue weighted by molar-refractivity contribution is -0.132. The highest BCUT2D eigenvalue weighted by Crippen LogP contribution is 2.28. The second kappa shape index (κ2) is 19.9.